The van der Waals surface area contributed by atoms with Crippen LogP contribution in [0.5, 0.6) is 0 Å². The van der Waals surface area contributed by atoms with Gasteiger partial charge < -0.3 is 14.4 Å². The Kier molecular flexibility index (Phi) is 7.11. The van der Waals surface area contributed by atoms with Crippen LogP contribution < -0.4 is 5.43 Å². The van der Waals surface area contributed by atoms with Crippen molar-refractivity contribution in [1.29, 1.82) is 0 Å². The molecule has 156 valence electrons. The van der Waals surface area contributed by atoms with Gasteiger partial charge in [-0.05, 0) is 25.3 Å². The topological polar surface area (TPSA) is 54.0 Å². The van der Waals surface area contributed by atoms with Gasteiger partial charge in [0.15, 0.2) is 0 Å². The number of hydrogen-bond acceptors (Lipinski definition) is 5. The second-order valence-electron chi connectivity index (χ2n) is 9.23. The summed E-state index contributed by atoms with van der Waals surface area (Å²) in [4.78, 5) is 14.9. The van der Waals surface area contributed by atoms with Gasteiger partial charge in [0.05, 0.1) is 19.1 Å². The predicted octanol–water partition coefficient (Wildman–Crippen LogP) is 2.81. The quantitative estimate of drug-likeness (QED) is 0.566. The molecule has 1 aliphatic heterocycles. The summed E-state index contributed by atoms with van der Waals surface area (Å²) in [5, 5.41) is 1.94. The minimum Gasteiger partial charge on any atom is -0.349 e. The second kappa shape index (κ2) is 8.60. The Hall–Kier alpha value is -0.950. The van der Waals surface area contributed by atoms with Gasteiger partial charge in [0.2, 0.25) is 11.7 Å². The zero-order chi connectivity index (χ0) is 20.3. The normalized spacial score (nSPS) is 30.6. The number of carbonyl (C=O) groups excluding carboxylic acids is 1. The molecule has 2 atom stereocenters. The molecule has 1 saturated carbocycles. The van der Waals surface area contributed by atoms with Crippen LogP contribution in [0.3, 0.4) is 0 Å². The number of allylic oxidation sites excluding steroid dienone is 1. The fourth-order valence-electron chi connectivity index (χ4n) is 4.31. The number of hydrazine groups is 1. The molecule has 6 nitrogen and oxygen atoms in total. The van der Waals surface area contributed by atoms with E-state index < -0.39 is 11.3 Å². The lowest BCUT2D eigenvalue weighted by atomic mass is 9.66. The van der Waals surface area contributed by atoms with Crippen LogP contribution in [0.1, 0.15) is 52.9 Å². The maximum absolute atomic E-state index is 13.2. The highest BCUT2D eigenvalue weighted by Crippen LogP contribution is 2.48. The van der Waals surface area contributed by atoms with Crippen molar-refractivity contribution in [2.45, 2.75) is 64.2 Å². The van der Waals surface area contributed by atoms with Crippen molar-refractivity contribution in [2.24, 2.45) is 11.3 Å². The molecule has 2 rings (SSSR count). The van der Waals surface area contributed by atoms with Crippen molar-refractivity contribution >= 4 is 5.91 Å². The molecule has 1 saturated heterocycles. The van der Waals surface area contributed by atoms with Crippen molar-refractivity contribution in [2.75, 3.05) is 41.4 Å². The summed E-state index contributed by atoms with van der Waals surface area (Å²) in [5.74, 6) is -1.05. The van der Waals surface area contributed by atoms with Crippen molar-refractivity contribution in [3.05, 3.63) is 12.2 Å². The van der Waals surface area contributed by atoms with E-state index in [1.165, 1.54) is 0 Å². The third kappa shape index (κ3) is 4.56. The van der Waals surface area contributed by atoms with E-state index in [1.807, 2.05) is 33.2 Å². The number of carbonyl (C=O) groups is 1. The van der Waals surface area contributed by atoms with E-state index >= 15 is 0 Å². The van der Waals surface area contributed by atoms with Crippen molar-refractivity contribution < 1.29 is 14.3 Å². The van der Waals surface area contributed by atoms with Gasteiger partial charge in [0.25, 0.3) is 0 Å². The van der Waals surface area contributed by atoms with Crippen LogP contribution in [-0.2, 0) is 14.3 Å². The largest absolute Gasteiger partial charge is 0.349 e. The first-order chi connectivity index (χ1) is 12.6. The first kappa shape index (κ1) is 22.3. The molecular weight excluding hydrogens is 342 g/mol. The van der Waals surface area contributed by atoms with Gasteiger partial charge in [0.1, 0.15) is 5.54 Å². The standard InChI is InChI=1S/C21H39N3O3/c1-8-9-14-21(26-15-19(2,3)16-27-21)20(22-24(6)7)13-11-10-12-17(20)18(25)23(4)5/h9,14,17,22H,8,10-13,15-16H2,1-7H3/b14-9+. The number of ether oxygens (including phenoxy) is 2. The van der Waals surface area contributed by atoms with Crippen LogP contribution in [-0.4, -0.2) is 68.5 Å². The zero-order valence-electron chi connectivity index (χ0n) is 18.3. The summed E-state index contributed by atoms with van der Waals surface area (Å²) in [6.45, 7) is 7.60. The van der Waals surface area contributed by atoms with Crippen LogP contribution in [0.15, 0.2) is 12.2 Å². The molecule has 0 spiro atoms. The van der Waals surface area contributed by atoms with Crippen LogP contribution in [0.25, 0.3) is 0 Å². The lowest BCUT2D eigenvalue weighted by Gasteiger charge is -2.57. The van der Waals surface area contributed by atoms with E-state index in [0.29, 0.717) is 13.2 Å². The average molecular weight is 382 g/mol. The molecule has 0 aromatic rings. The van der Waals surface area contributed by atoms with Crippen molar-refractivity contribution in [3.8, 4) is 0 Å². The Labute approximate surface area is 165 Å². The summed E-state index contributed by atoms with van der Waals surface area (Å²) in [6.07, 6.45) is 8.78. The molecule has 2 unspecified atom stereocenters. The minimum atomic E-state index is -0.959. The number of amides is 1. The Morgan fingerprint density at radius 1 is 1.15 bits per heavy atom. The molecule has 1 amide bonds. The average Bonchev–Trinajstić information content (AvgIpc) is 2.60. The molecule has 0 aromatic heterocycles. The molecular formula is C21H39N3O3. The lowest BCUT2D eigenvalue weighted by Crippen LogP contribution is -2.74. The first-order valence-electron chi connectivity index (χ1n) is 10.2. The molecule has 2 fully saturated rings. The van der Waals surface area contributed by atoms with E-state index in [0.717, 1.165) is 32.1 Å². The Balaban J connectivity index is 2.57. The molecule has 1 N–H and O–H groups in total. The summed E-state index contributed by atoms with van der Waals surface area (Å²) in [5.41, 5.74) is 2.93. The maximum atomic E-state index is 13.2. The molecule has 2 aliphatic rings. The van der Waals surface area contributed by atoms with Gasteiger partial charge in [-0.3, -0.25) is 4.79 Å². The lowest BCUT2D eigenvalue weighted by molar-refractivity contribution is -0.321. The molecule has 0 bridgehead atoms. The highest BCUT2D eigenvalue weighted by Gasteiger charge is 2.62. The monoisotopic (exact) mass is 381 g/mol. The van der Waals surface area contributed by atoms with Gasteiger partial charge in [0, 0.05) is 33.6 Å². The number of hydrogen-bond donors (Lipinski definition) is 1. The highest BCUT2D eigenvalue weighted by molar-refractivity contribution is 5.80. The van der Waals surface area contributed by atoms with Gasteiger partial charge in [-0.15, -0.1) is 0 Å². The van der Waals surface area contributed by atoms with E-state index in [4.69, 9.17) is 9.47 Å². The fraction of sp³-hybridized carbons (Fsp3) is 0.857. The molecule has 6 heteroatoms. The zero-order valence-corrected chi connectivity index (χ0v) is 18.3. The van der Waals surface area contributed by atoms with E-state index in [1.54, 1.807) is 4.90 Å². The van der Waals surface area contributed by atoms with Gasteiger partial charge in [-0.2, -0.15) is 0 Å². The summed E-state index contributed by atoms with van der Waals surface area (Å²) in [6, 6.07) is 0. The Morgan fingerprint density at radius 3 is 2.30 bits per heavy atom. The van der Waals surface area contributed by atoms with E-state index in [2.05, 4.69) is 38.3 Å². The van der Waals surface area contributed by atoms with Crippen LogP contribution in [0.2, 0.25) is 0 Å². The summed E-state index contributed by atoms with van der Waals surface area (Å²) in [7, 11) is 7.60. The number of nitrogens with zero attached hydrogens (tertiary/aromatic N) is 2. The smallest absolute Gasteiger partial charge is 0.227 e. The first-order valence-corrected chi connectivity index (χ1v) is 10.2. The van der Waals surface area contributed by atoms with Crippen molar-refractivity contribution in [1.82, 2.24) is 15.3 Å². The van der Waals surface area contributed by atoms with Gasteiger partial charge >= 0.3 is 0 Å². The van der Waals surface area contributed by atoms with Gasteiger partial charge in [-0.1, -0.05) is 39.7 Å². The highest BCUT2D eigenvalue weighted by atomic mass is 16.7. The third-order valence-electron chi connectivity index (χ3n) is 5.62. The van der Waals surface area contributed by atoms with Crippen LogP contribution >= 0.6 is 0 Å². The Bertz CT molecular complexity index is 535. The fourth-order valence-corrected chi connectivity index (χ4v) is 4.31. The summed E-state index contributed by atoms with van der Waals surface area (Å²) < 4.78 is 13.0. The van der Waals surface area contributed by atoms with Crippen molar-refractivity contribution in [3.63, 3.8) is 0 Å². The number of nitrogens with one attached hydrogen (secondary N) is 1. The molecule has 0 radical (unpaired) electrons. The van der Waals surface area contributed by atoms with Gasteiger partial charge in [-0.25, -0.2) is 10.4 Å². The SMILES string of the molecule is CC/C=C/C1(C2(NN(C)C)CCCCC2C(=O)N(C)C)OCC(C)(C)CO1. The van der Waals surface area contributed by atoms with E-state index in [9.17, 15) is 4.79 Å². The molecule has 1 aliphatic carbocycles. The Morgan fingerprint density at radius 2 is 1.78 bits per heavy atom. The minimum absolute atomic E-state index is 0.0431. The number of rotatable bonds is 6. The van der Waals surface area contributed by atoms with E-state index in [-0.39, 0.29) is 17.2 Å². The summed E-state index contributed by atoms with van der Waals surface area (Å²) >= 11 is 0. The third-order valence-corrected chi connectivity index (χ3v) is 5.62. The predicted molar refractivity (Wildman–Crippen MR) is 108 cm³/mol. The molecule has 0 aromatic carbocycles. The molecule has 1 heterocycles. The molecule has 27 heavy (non-hydrogen) atoms. The maximum Gasteiger partial charge on any atom is 0.227 e. The van der Waals surface area contributed by atoms with Crippen LogP contribution in [0.4, 0.5) is 0 Å². The second-order valence-corrected chi connectivity index (χ2v) is 9.23. The van der Waals surface area contributed by atoms with Crippen LogP contribution in [0, 0.1) is 11.3 Å².